The van der Waals surface area contributed by atoms with Gasteiger partial charge in [-0.15, -0.1) is 0 Å². The van der Waals surface area contributed by atoms with Crippen LogP contribution in [0.1, 0.15) is 43.7 Å². The molecule has 2 aliphatic rings. The average Bonchev–Trinajstić information content (AvgIpc) is 3.61. The van der Waals surface area contributed by atoms with Crippen LogP contribution in [0.25, 0.3) is 0 Å². The molecule has 2 aromatic carbocycles. The fraction of sp³-hybridized carbons (Fsp3) is 0.458. The Morgan fingerprint density at radius 3 is 2.41 bits per heavy atom. The summed E-state index contributed by atoms with van der Waals surface area (Å²) in [5.41, 5.74) is 2.07. The summed E-state index contributed by atoms with van der Waals surface area (Å²) < 4.78 is 16.6. The summed E-state index contributed by atoms with van der Waals surface area (Å²) in [6.45, 7) is 5.87. The number of carbonyl (C=O) groups excluding carboxylic acids is 1. The summed E-state index contributed by atoms with van der Waals surface area (Å²) >= 11 is 0. The van der Waals surface area contributed by atoms with E-state index >= 15 is 0 Å². The Morgan fingerprint density at radius 2 is 1.76 bits per heavy atom. The van der Waals surface area contributed by atoms with Crippen LogP contribution in [0, 0.1) is 5.92 Å². The average molecular weight is 395 g/mol. The van der Waals surface area contributed by atoms with Crippen LogP contribution in [0.15, 0.2) is 42.5 Å². The first kappa shape index (κ1) is 19.6. The number of hydrogen-bond donors (Lipinski definition) is 0. The van der Waals surface area contributed by atoms with Crippen LogP contribution < -0.4 is 14.2 Å². The Kier molecular flexibility index (Phi) is 5.65. The summed E-state index contributed by atoms with van der Waals surface area (Å²) in [5, 5.41) is 0. The van der Waals surface area contributed by atoms with Crippen molar-refractivity contribution in [1.82, 2.24) is 4.90 Å². The highest BCUT2D eigenvalue weighted by Crippen LogP contribution is 2.38. The van der Waals surface area contributed by atoms with E-state index in [2.05, 4.69) is 6.92 Å². The summed E-state index contributed by atoms with van der Waals surface area (Å²) in [4.78, 5) is 15.6. The first-order chi connectivity index (χ1) is 14.1. The second-order valence-electron chi connectivity index (χ2n) is 8.02. The number of benzene rings is 2. The van der Waals surface area contributed by atoms with Gasteiger partial charge >= 0.3 is 0 Å². The topological polar surface area (TPSA) is 48.0 Å². The first-order valence-electron chi connectivity index (χ1n) is 10.4. The quantitative estimate of drug-likeness (QED) is 0.697. The maximum atomic E-state index is 13.5. The molecule has 0 saturated heterocycles. The van der Waals surface area contributed by atoms with E-state index in [9.17, 15) is 4.79 Å². The minimum absolute atomic E-state index is 0.150. The molecule has 29 heavy (non-hydrogen) atoms. The van der Waals surface area contributed by atoms with E-state index in [4.69, 9.17) is 14.2 Å². The van der Waals surface area contributed by atoms with E-state index in [1.54, 1.807) is 7.11 Å². The Balaban J connectivity index is 1.55. The van der Waals surface area contributed by atoms with Crippen molar-refractivity contribution in [2.45, 2.75) is 45.2 Å². The number of rotatable bonds is 7. The van der Waals surface area contributed by atoms with Crippen LogP contribution in [0.4, 0.5) is 0 Å². The van der Waals surface area contributed by atoms with Gasteiger partial charge in [-0.1, -0.05) is 18.2 Å². The highest BCUT2D eigenvalue weighted by atomic mass is 16.6. The molecule has 0 bridgehead atoms. The predicted octanol–water partition coefficient (Wildman–Crippen LogP) is 4.40. The number of amides is 1. The molecule has 1 aliphatic heterocycles. The number of fused-ring (bicyclic) bond motifs is 1. The summed E-state index contributed by atoms with van der Waals surface area (Å²) in [6, 6.07) is 14.0. The predicted molar refractivity (Wildman–Crippen MR) is 112 cm³/mol. The molecule has 5 heteroatoms. The summed E-state index contributed by atoms with van der Waals surface area (Å²) in [7, 11) is 1.66. The zero-order chi connectivity index (χ0) is 20.4. The molecule has 1 fully saturated rings. The van der Waals surface area contributed by atoms with Gasteiger partial charge in [0.2, 0.25) is 5.91 Å². The lowest BCUT2D eigenvalue weighted by Crippen LogP contribution is -2.41. The third-order valence-corrected chi connectivity index (χ3v) is 6.03. The molecule has 154 valence electrons. The monoisotopic (exact) mass is 395 g/mol. The van der Waals surface area contributed by atoms with Gasteiger partial charge in [0.15, 0.2) is 11.5 Å². The third-order valence-electron chi connectivity index (χ3n) is 6.03. The standard InChI is InChI=1S/C24H29NO4/c1-16(20-8-11-22-23(14-20)29-13-12-28-22)24(26)25(17(2)19-6-7-19)15-18-4-9-21(27-3)10-5-18/h4-5,8-11,14,16-17,19H,6-7,12-13,15H2,1-3H3. The normalized spacial score (nSPS) is 17.3. The fourth-order valence-electron chi connectivity index (χ4n) is 3.90. The number of nitrogens with zero attached hydrogens (tertiary/aromatic N) is 1. The highest BCUT2D eigenvalue weighted by molar-refractivity contribution is 5.84. The minimum Gasteiger partial charge on any atom is -0.497 e. The number of hydrogen-bond acceptors (Lipinski definition) is 4. The van der Waals surface area contributed by atoms with Gasteiger partial charge in [-0.3, -0.25) is 4.79 Å². The van der Waals surface area contributed by atoms with Crippen LogP contribution in [0.2, 0.25) is 0 Å². The first-order valence-corrected chi connectivity index (χ1v) is 10.4. The van der Waals surface area contributed by atoms with Crippen molar-refractivity contribution in [2.75, 3.05) is 20.3 Å². The second kappa shape index (κ2) is 8.36. The smallest absolute Gasteiger partial charge is 0.230 e. The number of methoxy groups -OCH3 is 1. The van der Waals surface area contributed by atoms with E-state index < -0.39 is 0 Å². The van der Waals surface area contributed by atoms with Gasteiger partial charge < -0.3 is 19.1 Å². The highest BCUT2D eigenvalue weighted by Gasteiger charge is 2.36. The lowest BCUT2D eigenvalue weighted by atomic mass is 9.97. The molecule has 2 atom stereocenters. The summed E-state index contributed by atoms with van der Waals surface area (Å²) in [5.74, 6) is 2.81. The Bertz CT molecular complexity index is 860. The molecular formula is C24H29NO4. The van der Waals surface area contributed by atoms with Crippen LogP contribution in [-0.2, 0) is 11.3 Å². The zero-order valence-corrected chi connectivity index (χ0v) is 17.4. The van der Waals surface area contributed by atoms with Gasteiger partial charge in [0.1, 0.15) is 19.0 Å². The lowest BCUT2D eigenvalue weighted by Gasteiger charge is -2.32. The Labute approximate surface area is 172 Å². The van der Waals surface area contributed by atoms with Crippen molar-refractivity contribution in [3.8, 4) is 17.2 Å². The maximum Gasteiger partial charge on any atom is 0.230 e. The van der Waals surface area contributed by atoms with E-state index in [1.165, 1.54) is 12.8 Å². The molecule has 2 unspecified atom stereocenters. The van der Waals surface area contributed by atoms with Crippen molar-refractivity contribution >= 4 is 5.91 Å². The van der Waals surface area contributed by atoms with Crippen molar-refractivity contribution in [3.63, 3.8) is 0 Å². The molecule has 2 aromatic rings. The number of carbonyl (C=O) groups is 1. The van der Waals surface area contributed by atoms with Crippen LogP contribution in [0.5, 0.6) is 17.2 Å². The molecule has 0 N–H and O–H groups in total. The van der Waals surface area contributed by atoms with Crippen LogP contribution >= 0.6 is 0 Å². The van der Waals surface area contributed by atoms with Crippen molar-refractivity contribution < 1.29 is 19.0 Å². The van der Waals surface area contributed by atoms with Gasteiger partial charge in [-0.25, -0.2) is 0 Å². The second-order valence-corrected chi connectivity index (χ2v) is 8.02. The minimum atomic E-state index is -0.245. The Morgan fingerprint density at radius 1 is 1.07 bits per heavy atom. The molecule has 1 heterocycles. The fourth-order valence-corrected chi connectivity index (χ4v) is 3.90. The van der Waals surface area contributed by atoms with E-state index in [-0.39, 0.29) is 17.9 Å². The molecule has 1 saturated carbocycles. The largest absolute Gasteiger partial charge is 0.497 e. The summed E-state index contributed by atoms with van der Waals surface area (Å²) in [6.07, 6.45) is 2.40. The third kappa shape index (κ3) is 4.34. The molecule has 1 aliphatic carbocycles. The van der Waals surface area contributed by atoms with Gasteiger partial charge in [0, 0.05) is 12.6 Å². The SMILES string of the molecule is COc1ccc(CN(C(=O)C(C)c2ccc3c(c2)OCCO3)C(C)C2CC2)cc1. The molecule has 0 aromatic heterocycles. The van der Waals surface area contributed by atoms with E-state index in [1.807, 2.05) is 54.3 Å². The molecule has 5 nitrogen and oxygen atoms in total. The van der Waals surface area contributed by atoms with Gasteiger partial charge in [0.25, 0.3) is 0 Å². The van der Waals surface area contributed by atoms with Gasteiger partial charge in [-0.2, -0.15) is 0 Å². The molecule has 0 spiro atoms. The Hall–Kier alpha value is -2.69. The van der Waals surface area contributed by atoms with E-state index in [0.29, 0.717) is 25.7 Å². The van der Waals surface area contributed by atoms with Gasteiger partial charge in [-0.05, 0) is 68.0 Å². The zero-order valence-electron chi connectivity index (χ0n) is 17.4. The van der Waals surface area contributed by atoms with Crippen LogP contribution in [-0.4, -0.2) is 37.2 Å². The van der Waals surface area contributed by atoms with E-state index in [0.717, 1.165) is 28.4 Å². The maximum absolute atomic E-state index is 13.5. The van der Waals surface area contributed by atoms with Crippen molar-refractivity contribution in [2.24, 2.45) is 5.92 Å². The van der Waals surface area contributed by atoms with Crippen molar-refractivity contribution in [3.05, 3.63) is 53.6 Å². The molecular weight excluding hydrogens is 366 g/mol. The lowest BCUT2D eigenvalue weighted by molar-refractivity contribution is -0.135. The number of ether oxygens (including phenoxy) is 3. The molecule has 1 amide bonds. The molecule has 0 radical (unpaired) electrons. The van der Waals surface area contributed by atoms with Crippen molar-refractivity contribution in [1.29, 1.82) is 0 Å². The van der Waals surface area contributed by atoms with Crippen LogP contribution in [0.3, 0.4) is 0 Å². The van der Waals surface area contributed by atoms with Gasteiger partial charge in [0.05, 0.1) is 13.0 Å². The molecule has 4 rings (SSSR count).